The van der Waals surface area contributed by atoms with Gasteiger partial charge >= 0.3 is 11.9 Å². The van der Waals surface area contributed by atoms with Crippen molar-refractivity contribution in [3.8, 4) is 12.3 Å². The lowest BCUT2D eigenvalue weighted by atomic mass is 10.2. The van der Waals surface area contributed by atoms with Gasteiger partial charge in [0, 0.05) is 0 Å². The molecule has 1 aromatic heterocycles. The van der Waals surface area contributed by atoms with Gasteiger partial charge in [-0.1, -0.05) is 5.92 Å². The first kappa shape index (κ1) is 17.2. The highest BCUT2D eigenvalue weighted by Crippen LogP contribution is 2.32. The topological polar surface area (TPSA) is 98.8 Å². The standard InChI is InChI=1S/C12H13NO6S2/c1-5-6-13-21(16,17)12-8(10(14)18-3)7(2)9(20-12)11(15)19-4/h1,13H,6H2,2-4H3. The fraction of sp³-hybridized carbons (Fsp3) is 0.333. The van der Waals surface area contributed by atoms with Crippen molar-refractivity contribution in [1.82, 2.24) is 4.72 Å². The van der Waals surface area contributed by atoms with Gasteiger partial charge in [-0.3, -0.25) is 0 Å². The average Bonchev–Trinajstić information content (AvgIpc) is 2.82. The van der Waals surface area contributed by atoms with Gasteiger partial charge in [-0.2, -0.15) is 4.72 Å². The molecular weight excluding hydrogens is 318 g/mol. The number of terminal acetylenes is 1. The van der Waals surface area contributed by atoms with Gasteiger partial charge < -0.3 is 9.47 Å². The molecule has 0 atom stereocenters. The number of carbonyl (C=O) groups excluding carboxylic acids is 2. The second-order valence-electron chi connectivity index (χ2n) is 3.73. The molecule has 0 aliphatic heterocycles. The highest BCUT2D eigenvalue weighted by molar-refractivity contribution is 7.91. The molecule has 0 fully saturated rings. The molecule has 7 nitrogen and oxygen atoms in total. The van der Waals surface area contributed by atoms with Crippen molar-refractivity contribution in [2.24, 2.45) is 0 Å². The summed E-state index contributed by atoms with van der Waals surface area (Å²) in [5, 5.41) is 0. The Morgan fingerprint density at radius 3 is 2.33 bits per heavy atom. The van der Waals surface area contributed by atoms with Crippen molar-refractivity contribution in [2.45, 2.75) is 11.1 Å². The number of nitrogens with one attached hydrogen (secondary N) is 1. The third-order valence-electron chi connectivity index (χ3n) is 2.48. The quantitative estimate of drug-likeness (QED) is 0.624. The number of ether oxygens (including phenoxy) is 2. The number of methoxy groups -OCH3 is 2. The minimum atomic E-state index is -4.03. The molecule has 1 N–H and O–H groups in total. The molecule has 1 aromatic rings. The Kier molecular flexibility index (Phi) is 5.48. The first-order valence-corrected chi connectivity index (χ1v) is 7.83. The summed E-state index contributed by atoms with van der Waals surface area (Å²) in [5.41, 5.74) is -0.0211. The van der Waals surface area contributed by atoms with E-state index in [0.29, 0.717) is 11.3 Å². The van der Waals surface area contributed by atoms with Gasteiger partial charge in [0.05, 0.1) is 26.3 Å². The third-order valence-corrected chi connectivity index (χ3v) is 5.67. The molecule has 0 aromatic carbocycles. The van der Waals surface area contributed by atoms with Gasteiger partial charge in [-0.25, -0.2) is 18.0 Å². The number of rotatable bonds is 5. The van der Waals surface area contributed by atoms with E-state index in [9.17, 15) is 18.0 Å². The second kappa shape index (κ2) is 6.71. The number of carbonyl (C=O) groups is 2. The molecule has 0 aliphatic carbocycles. The molecule has 21 heavy (non-hydrogen) atoms. The summed E-state index contributed by atoms with van der Waals surface area (Å²) in [6.07, 6.45) is 5.00. The van der Waals surface area contributed by atoms with E-state index in [2.05, 4.69) is 20.1 Å². The van der Waals surface area contributed by atoms with E-state index in [1.165, 1.54) is 6.92 Å². The Balaban J connectivity index is 3.54. The maximum absolute atomic E-state index is 12.2. The molecule has 0 amide bonds. The van der Waals surface area contributed by atoms with Crippen LogP contribution < -0.4 is 4.72 Å². The maximum Gasteiger partial charge on any atom is 0.348 e. The van der Waals surface area contributed by atoms with Crippen LogP contribution in [0.4, 0.5) is 0 Å². The Morgan fingerprint density at radius 1 is 1.29 bits per heavy atom. The summed E-state index contributed by atoms with van der Waals surface area (Å²) in [7, 11) is -1.76. The van der Waals surface area contributed by atoms with Crippen LogP contribution in [0.25, 0.3) is 0 Å². The summed E-state index contributed by atoms with van der Waals surface area (Å²) < 4.78 is 35.2. The lowest BCUT2D eigenvalue weighted by Crippen LogP contribution is -2.25. The van der Waals surface area contributed by atoms with E-state index in [0.717, 1.165) is 14.2 Å². The minimum absolute atomic E-state index is 0.0129. The number of sulfonamides is 1. The van der Waals surface area contributed by atoms with Crippen LogP contribution in [0.15, 0.2) is 4.21 Å². The molecule has 0 aliphatic rings. The van der Waals surface area contributed by atoms with Crippen molar-refractivity contribution in [2.75, 3.05) is 20.8 Å². The molecule has 1 rings (SSSR count). The van der Waals surface area contributed by atoms with E-state index >= 15 is 0 Å². The largest absolute Gasteiger partial charge is 0.465 e. The number of hydrogen-bond donors (Lipinski definition) is 1. The SMILES string of the molecule is C#CCNS(=O)(=O)c1sc(C(=O)OC)c(C)c1C(=O)OC. The first-order chi connectivity index (χ1) is 9.80. The van der Waals surface area contributed by atoms with Crippen LogP contribution in [0.1, 0.15) is 25.6 Å². The molecule has 9 heteroatoms. The molecule has 1 heterocycles. The van der Waals surface area contributed by atoms with Crippen LogP contribution in [-0.2, 0) is 19.5 Å². The van der Waals surface area contributed by atoms with Gasteiger partial charge in [0.15, 0.2) is 4.21 Å². The predicted molar refractivity (Wildman–Crippen MR) is 75.8 cm³/mol. The fourth-order valence-electron chi connectivity index (χ4n) is 1.50. The predicted octanol–water partition coefficient (Wildman–Crippen LogP) is 0.541. The lowest BCUT2D eigenvalue weighted by molar-refractivity contribution is 0.0596. The molecule has 0 unspecified atom stereocenters. The Morgan fingerprint density at radius 2 is 1.86 bits per heavy atom. The normalized spacial score (nSPS) is 10.8. The van der Waals surface area contributed by atoms with Gasteiger partial charge in [0.2, 0.25) is 0 Å². The van der Waals surface area contributed by atoms with E-state index < -0.39 is 22.0 Å². The summed E-state index contributed by atoms with van der Waals surface area (Å²) >= 11 is 0.625. The molecule has 0 bridgehead atoms. The van der Waals surface area contributed by atoms with Crippen molar-refractivity contribution in [3.63, 3.8) is 0 Å². The first-order valence-electron chi connectivity index (χ1n) is 5.53. The van der Waals surface area contributed by atoms with Crippen LogP contribution in [0.5, 0.6) is 0 Å². The zero-order chi connectivity index (χ0) is 16.2. The highest BCUT2D eigenvalue weighted by atomic mass is 32.2. The van der Waals surface area contributed by atoms with Gasteiger partial charge in [0.25, 0.3) is 10.0 Å². The molecule has 0 saturated carbocycles. The van der Waals surface area contributed by atoms with E-state index in [-0.39, 0.29) is 26.8 Å². The van der Waals surface area contributed by atoms with Crippen molar-refractivity contribution in [1.29, 1.82) is 0 Å². The zero-order valence-electron chi connectivity index (χ0n) is 11.6. The van der Waals surface area contributed by atoms with Gasteiger partial charge in [-0.05, 0) is 12.5 Å². The minimum Gasteiger partial charge on any atom is -0.465 e. The van der Waals surface area contributed by atoms with Crippen molar-refractivity contribution >= 4 is 33.3 Å². The highest BCUT2D eigenvalue weighted by Gasteiger charge is 2.32. The Labute approximate surface area is 126 Å². The van der Waals surface area contributed by atoms with Crippen LogP contribution in [0.3, 0.4) is 0 Å². The maximum atomic E-state index is 12.2. The van der Waals surface area contributed by atoms with Crippen LogP contribution in [0.2, 0.25) is 0 Å². The number of esters is 2. The third kappa shape index (κ3) is 3.41. The van der Waals surface area contributed by atoms with Crippen molar-refractivity contribution < 1.29 is 27.5 Å². The average molecular weight is 331 g/mol. The monoisotopic (exact) mass is 331 g/mol. The lowest BCUT2D eigenvalue weighted by Gasteiger charge is -2.04. The molecule has 114 valence electrons. The summed E-state index contributed by atoms with van der Waals surface area (Å²) in [6.45, 7) is 1.20. The van der Waals surface area contributed by atoms with Crippen LogP contribution in [0, 0.1) is 19.3 Å². The molecule has 0 spiro atoms. The fourth-order valence-corrected chi connectivity index (χ4v) is 4.23. The second-order valence-corrected chi connectivity index (χ2v) is 6.71. The summed E-state index contributed by atoms with van der Waals surface area (Å²) in [5.74, 6) is 0.522. The smallest absolute Gasteiger partial charge is 0.348 e. The number of hydrogen-bond acceptors (Lipinski definition) is 7. The van der Waals surface area contributed by atoms with Gasteiger partial charge in [0.1, 0.15) is 4.88 Å². The van der Waals surface area contributed by atoms with Crippen LogP contribution >= 0.6 is 11.3 Å². The summed E-state index contributed by atoms with van der Waals surface area (Å²) in [6, 6.07) is 0. The molecule has 0 radical (unpaired) electrons. The number of thiophene rings is 1. The van der Waals surface area contributed by atoms with E-state index in [4.69, 9.17) is 6.42 Å². The molecule has 0 saturated heterocycles. The Hall–Kier alpha value is -1.89. The van der Waals surface area contributed by atoms with Crippen molar-refractivity contribution in [3.05, 3.63) is 16.0 Å². The zero-order valence-corrected chi connectivity index (χ0v) is 13.2. The summed E-state index contributed by atoms with van der Waals surface area (Å²) in [4.78, 5) is 23.5. The van der Waals surface area contributed by atoms with Gasteiger partial charge in [-0.15, -0.1) is 17.8 Å². The Bertz CT molecular complexity index is 711. The van der Waals surface area contributed by atoms with E-state index in [1.807, 2.05) is 0 Å². The van der Waals surface area contributed by atoms with Crippen LogP contribution in [-0.4, -0.2) is 41.1 Å². The van der Waals surface area contributed by atoms with E-state index in [1.54, 1.807) is 0 Å². The molecular formula is C12H13NO6S2.